The molecule has 0 atom stereocenters. The normalized spacial score (nSPS) is 15.3. The van der Waals surface area contributed by atoms with Crippen LogP contribution < -0.4 is 4.74 Å². The van der Waals surface area contributed by atoms with Gasteiger partial charge in [0.1, 0.15) is 12.1 Å². The summed E-state index contributed by atoms with van der Waals surface area (Å²) >= 11 is 0. The van der Waals surface area contributed by atoms with Gasteiger partial charge in [-0.2, -0.15) is 0 Å². The maximum Gasteiger partial charge on any atom is 0.329 e. The SMILES string of the molecule is COc1ccc(-c2cn(C(=O)N(C)C3CCOCC3)cn2)cc1C. The highest BCUT2D eigenvalue weighted by atomic mass is 16.5. The minimum absolute atomic E-state index is 0.0640. The first-order chi connectivity index (χ1) is 11.6. The first kappa shape index (κ1) is 16.5. The van der Waals surface area contributed by atoms with E-state index in [0.717, 1.165) is 35.4 Å². The molecule has 0 unspecified atom stereocenters. The maximum atomic E-state index is 12.6. The number of imidazole rings is 1. The van der Waals surface area contributed by atoms with Gasteiger partial charge in [-0.05, 0) is 43.5 Å². The van der Waals surface area contributed by atoms with E-state index in [4.69, 9.17) is 9.47 Å². The first-order valence-electron chi connectivity index (χ1n) is 8.14. The predicted molar refractivity (Wildman–Crippen MR) is 91.4 cm³/mol. The van der Waals surface area contributed by atoms with Crippen molar-refractivity contribution >= 4 is 6.03 Å². The Morgan fingerprint density at radius 3 is 2.79 bits per heavy atom. The van der Waals surface area contributed by atoms with Crippen molar-refractivity contribution in [3.63, 3.8) is 0 Å². The molecule has 0 saturated carbocycles. The molecule has 6 heteroatoms. The number of nitrogens with zero attached hydrogens (tertiary/aromatic N) is 3. The van der Waals surface area contributed by atoms with Gasteiger partial charge in [-0.15, -0.1) is 0 Å². The number of methoxy groups -OCH3 is 1. The molecule has 1 aliphatic rings. The van der Waals surface area contributed by atoms with Gasteiger partial charge in [0.05, 0.1) is 12.8 Å². The third-order valence-electron chi connectivity index (χ3n) is 4.53. The summed E-state index contributed by atoms with van der Waals surface area (Å²) in [4.78, 5) is 18.8. The fourth-order valence-electron chi connectivity index (χ4n) is 3.03. The quantitative estimate of drug-likeness (QED) is 0.869. The van der Waals surface area contributed by atoms with Crippen LogP contribution in [-0.4, -0.2) is 53.9 Å². The fraction of sp³-hybridized carbons (Fsp3) is 0.444. The van der Waals surface area contributed by atoms with Crippen LogP contribution in [-0.2, 0) is 4.74 Å². The average molecular weight is 329 g/mol. The second-order valence-corrected chi connectivity index (χ2v) is 6.09. The van der Waals surface area contributed by atoms with Gasteiger partial charge in [0.2, 0.25) is 0 Å². The summed E-state index contributed by atoms with van der Waals surface area (Å²) in [7, 11) is 3.50. The van der Waals surface area contributed by atoms with Gasteiger partial charge in [-0.3, -0.25) is 4.57 Å². The molecule has 1 aromatic carbocycles. The highest BCUT2D eigenvalue weighted by molar-refractivity contribution is 5.78. The van der Waals surface area contributed by atoms with Crippen LogP contribution in [0.2, 0.25) is 0 Å². The number of aryl methyl sites for hydroxylation is 1. The van der Waals surface area contributed by atoms with Crippen LogP contribution in [0.1, 0.15) is 18.4 Å². The van der Waals surface area contributed by atoms with Crippen LogP contribution in [0, 0.1) is 6.92 Å². The van der Waals surface area contributed by atoms with E-state index in [-0.39, 0.29) is 12.1 Å². The fourth-order valence-corrected chi connectivity index (χ4v) is 3.03. The van der Waals surface area contributed by atoms with E-state index < -0.39 is 0 Å². The number of aromatic nitrogens is 2. The molecule has 6 nitrogen and oxygen atoms in total. The van der Waals surface area contributed by atoms with Crippen LogP contribution in [0.4, 0.5) is 4.79 Å². The maximum absolute atomic E-state index is 12.6. The lowest BCUT2D eigenvalue weighted by Gasteiger charge is -2.30. The average Bonchev–Trinajstić information content (AvgIpc) is 3.11. The summed E-state index contributed by atoms with van der Waals surface area (Å²) in [6.07, 6.45) is 5.11. The van der Waals surface area contributed by atoms with Crippen LogP contribution in [0.5, 0.6) is 5.75 Å². The molecule has 24 heavy (non-hydrogen) atoms. The predicted octanol–water partition coefficient (Wildman–Crippen LogP) is 2.95. The number of carbonyl (C=O) groups is 1. The zero-order valence-electron chi connectivity index (χ0n) is 14.4. The molecule has 0 bridgehead atoms. The monoisotopic (exact) mass is 329 g/mol. The van der Waals surface area contributed by atoms with Crippen molar-refractivity contribution in [1.82, 2.24) is 14.5 Å². The van der Waals surface area contributed by atoms with Crippen molar-refractivity contribution < 1.29 is 14.3 Å². The Balaban J connectivity index is 1.77. The molecule has 128 valence electrons. The summed E-state index contributed by atoms with van der Waals surface area (Å²) in [5, 5.41) is 0. The largest absolute Gasteiger partial charge is 0.496 e. The lowest BCUT2D eigenvalue weighted by molar-refractivity contribution is 0.0528. The van der Waals surface area contributed by atoms with E-state index in [1.54, 1.807) is 29.1 Å². The molecular weight excluding hydrogens is 306 g/mol. The van der Waals surface area contributed by atoms with Gasteiger partial charge in [0, 0.05) is 38.1 Å². The molecule has 0 N–H and O–H groups in total. The lowest BCUT2D eigenvalue weighted by Crippen LogP contribution is -2.42. The van der Waals surface area contributed by atoms with Crippen molar-refractivity contribution in [3.8, 4) is 17.0 Å². The summed E-state index contributed by atoms with van der Waals surface area (Å²) in [5.41, 5.74) is 2.78. The van der Waals surface area contributed by atoms with Gasteiger partial charge < -0.3 is 14.4 Å². The Kier molecular flexibility index (Phi) is 4.85. The molecule has 0 aliphatic carbocycles. The smallest absolute Gasteiger partial charge is 0.329 e. The second-order valence-electron chi connectivity index (χ2n) is 6.09. The molecular formula is C18H23N3O3. The number of hydrogen-bond acceptors (Lipinski definition) is 4. The van der Waals surface area contributed by atoms with Crippen LogP contribution >= 0.6 is 0 Å². The van der Waals surface area contributed by atoms with Gasteiger partial charge >= 0.3 is 6.03 Å². The van der Waals surface area contributed by atoms with Crippen molar-refractivity contribution in [3.05, 3.63) is 36.3 Å². The molecule has 2 heterocycles. The molecule has 0 spiro atoms. The number of rotatable bonds is 3. The molecule has 2 aromatic rings. The molecule has 0 radical (unpaired) electrons. The Morgan fingerprint density at radius 1 is 1.38 bits per heavy atom. The number of carbonyl (C=O) groups excluding carboxylic acids is 1. The van der Waals surface area contributed by atoms with Crippen LogP contribution in [0.15, 0.2) is 30.7 Å². The highest BCUT2D eigenvalue weighted by Gasteiger charge is 2.23. The number of amides is 1. The summed E-state index contributed by atoms with van der Waals surface area (Å²) in [6.45, 7) is 3.41. The standard InChI is InChI=1S/C18H23N3O3/c1-13-10-14(4-5-17(13)23-3)16-11-21(12-19-16)18(22)20(2)15-6-8-24-9-7-15/h4-5,10-12,15H,6-9H2,1-3H3. The summed E-state index contributed by atoms with van der Waals surface area (Å²) in [6, 6.07) is 6.04. The first-order valence-corrected chi connectivity index (χ1v) is 8.14. The topological polar surface area (TPSA) is 56.6 Å². The molecule has 1 aliphatic heterocycles. The van der Waals surface area contributed by atoms with E-state index in [1.807, 2.05) is 32.2 Å². The minimum atomic E-state index is -0.0640. The molecule has 3 rings (SSSR count). The summed E-state index contributed by atoms with van der Waals surface area (Å²) < 4.78 is 12.2. The second kappa shape index (κ2) is 7.05. The number of ether oxygens (including phenoxy) is 2. The van der Waals surface area contributed by atoms with E-state index in [2.05, 4.69) is 4.98 Å². The van der Waals surface area contributed by atoms with Crippen molar-refractivity contribution in [2.24, 2.45) is 0 Å². The van der Waals surface area contributed by atoms with Gasteiger partial charge in [-0.1, -0.05) is 0 Å². The van der Waals surface area contributed by atoms with Gasteiger partial charge in [0.25, 0.3) is 0 Å². The third-order valence-corrected chi connectivity index (χ3v) is 4.53. The highest BCUT2D eigenvalue weighted by Crippen LogP contribution is 2.25. The molecule has 1 amide bonds. The number of hydrogen-bond donors (Lipinski definition) is 0. The van der Waals surface area contributed by atoms with Crippen molar-refractivity contribution in [1.29, 1.82) is 0 Å². The Labute approximate surface area is 142 Å². The Bertz CT molecular complexity index is 720. The van der Waals surface area contributed by atoms with Crippen molar-refractivity contribution in [2.75, 3.05) is 27.4 Å². The molecule has 1 fully saturated rings. The van der Waals surface area contributed by atoms with E-state index >= 15 is 0 Å². The van der Waals surface area contributed by atoms with Gasteiger partial charge in [0.15, 0.2) is 0 Å². The Hall–Kier alpha value is -2.34. The Morgan fingerprint density at radius 2 is 2.12 bits per heavy atom. The number of benzene rings is 1. The van der Waals surface area contributed by atoms with E-state index in [0.29, 0.717) is 13.2 Å². The summed E-state index contributed by atoms with van der Waals surface area (Å²) in [5.74, 6) is 0.841. The molecule has 1 aromatic heterocycles. The third kappa shape index (κ3) is 3.28. The zero-order valence-corrected chi connectivity index (χ0v) is 14.4. The lowest BCUT2D eigenvalue weighted by atomic mass is 10.1. The minimum Gasteiger partial charge on any atom is -0.496 e. The van der Waals surface area contributed by atoms with E-state index in [9.17, 15) is 4.79 Å². The van der Waals surface area contributed by atoms with Crippen LogP contribution in [0.3, 0.4) is 0 Å². The zero-order chi connectivity index (χ0) is 17.1. The van der Waals surface area contributed by atoms with Crippen LogP contribution in [0.25, 0.3) is 11.3 Å². The van der Waals surface area contributed by atoms with Gasteiger partial charge in [-0.25, -0.2) is 9.78 Å². The van der Waals surface area contributed by atoms with Crippen molar-refractivity contribution in [2.45, 2.75) is 25.8 Å². The molecule has 1 saturated heterocycles. The van der Waals surface area contributed by atoms with E-state index in [1.165, 1.54) is 0 Å².